The summed E-state index contributed by atoms with van der Waals surface area (Å²) in [5.41, 5.74) is 1.65. The van der Waals surface area contributed by atoms with E-state index in [-0.39, 0.29) is 4.91 Å². The van der Waals surface area contributed by atoms with E-state index in [1.807, 2.05) is 32.0 Å². The number of aryl methyl sites for hydroxylation is 2. The summed E-state index contributed by atoms with van der Waals surface area (Å²) in [5, 5.41) is 0. The standard InChI is InChI=1S/C21H21F3N2OS/c1-13-8-10-17(11-9-13)28-16(4)18(21(22,23)24)20(27-5)26-15(3)19-14(2)7-6-12-25-19/h6-12H,4H2,1-3,5H3/b20-18-,26-15+. The predicted octanol–water partition coefficient (Wildman–Crippen LogP) is 6.23. The van der Waals surface area contributed by atoms with Gasteiger partial charge in [-0.1, -0.05) is 42.1 Å². The summed E-state index contributed by atoms with van der Waals surface area (Å²) in [5.74, 6) is -0.542. The third-order valence-corrected chi connectivity index (χ3v) is 4.81. The van der Waals surface area contributed by atoms with E-state index in [0.717, 1.165) is 30.0 Å². The average molecular weight is 406 g/mol. The van der Waals surface area contributed by atoms with E-state index in [2.05, 4.69) is 16.6 Å². The molecule has 28 heavy (non-hydrogen) atoms. The first kappa shape index (κ1) is 21.8. The van der Waals surface area contributed by atoms with Crippen LogP contribution in [0.15, 0.2) is 75.4 Å². The molecule has 3 nitrogen and oxygen atoms in total. The predicted molar refractivity (Wildman–Crippen MR) is 107 cm³/mol. The van der Waals surface area contributed by atoms with Gasteiger partial charge >= 0.3 is 6.18 Å². The fourth-order valence-corrected chi connectivity index (χ4v) is 3.33. The van der Waals surface area contributed by atoms with Gasteiger partial charge in [-0.25, -0.2) is 4.99 Å². The maximum atomic E-state index is 13.8. The number of thioether (sulfide) groups is 1. The number of nitrogens with zero attached hydrogens (tertiary/aromatic N) is 2. The van der Waals surface area contributed by atoms with Crippen LogP contribution in [0.1, 0.15) is 23.7 Å². The molecular formula is C21H21F3N2OS. The Balaban J connectivity index is 2.48. The second kappa shape index (κ2) is 9.10. The summed E-state index contributed by atoms with van der Waals surface area (Å²) < 4.78 is 46.4. The highest BCUT2D eigenvalue weighted by Gasteiger charge is 2.40. The van der Waals surface area contributed by atoms with Crippen molar-refractivity contribution in [2.75, 3.05) is 7.11 Å². The molecule has 0 N–H and O–H groups in total. The van der Waals surface area contributed by atoms with Gasteiger partial charge in [0.15, 0.2) is 0 Å². The summed E-state index contributed by atoms with van der Waals surface area (Å²) in [7, 11) is 1.16. The number of hydrogen-bond acceptors (Lipinski definition) is 4. The molecule has 0 fully saturated rings. The third-order valence-electron chi connectivity index (χ3n) is 3.85. The molecule has 0 amide bonds. The first-order chi connectivity index (χ1) is 13.1. The lowest BCUT2D eigenvalue weighted by Gasteiger charge is -2.17. The summed E-state index contributed by atoms with van der Waals surface area (Å²) in [6, 6.07) is 10.7. The summed E-state index contributed by atoms with van der Waals surface area (Å²) in [6.07, 6.45) is -3.11. The molecule has 0 atom stereocenters. The molecule has 0 saturated heterocycles. The molecule has 0 aliphatic carbocycles. The Kier molecular flexibility index (Phi) is 7.07. The molecular weight excluding hydrogens is 385 g/mol. The van der Waals surface area contributed by atoms with E-state index in [0.29, 0.717) is 16.3 Å². The highest BCUT2D eigenvalue weighted by atomic mass is 32.2. The van der Waals surface area contributed by atoms with Crippen LogP contribution in [0.3, 0.4) is 0 Å². The van der Waals surface area contributed by atoms with Gasteiger partial charge in [-0.05, 0) is 44.5 Å². The summed E-state index contributed by atoms with van der Waals surface area (Å²) in [6.45, 7) is 8.94. The molecule has 1 aromatic carbocycles. The van der Waals surface area contributed by atoms with Gasteiger partial charge in [0, 0.05) is 16.0 Å². The fourth-order valence-electron chi connectivity index (χ4n) is 2.47. The zero-order valence-electron chi connectivity index (χ0n) is 16.1. The van der Waals surface area contributed by atoms with Crippen molar-refractivity contribution < 1.29 is 17.9 Å². The van der Waals surface area contributed by atoms with Crippen LogP contribution in [0.4, 0.5) is 13.2 Å². The molecule has 0 aliphatic rings. The zero-order chi connectivity index (χ0) is 20.9. The van der Waals surface area contributed by atoms with Crippen LogP contribution >= 0.6 is 11.8 Å². The second-order valence-electron chi connectivity index (χ2n) is 6.09. The lowest BCUT2D eigenvalue weighted by Crippen LogP contribution is -2.16. The molecule has 148 valence electrons. The molecule has 7 heteroatoms. The van der Waals surface area contributed by atoms with E-state index >= 15 is 0 Å². The van der Waals surface area contributed by atoms with E-state index in [1.165, 1.54) is 0 Å². The molecule has 0 saturated carbocycles. The van der Waals surface area contributed by atoms with Crippen LogP contribution in [0.25, 0.3) is 0 Å². The molecule has 0 unspecified atom stereocenters. The van der Waals surface area contributed by atoms with Gasteiger partial charge in [0.2, 0.25) is 5.88 Å². The Morgan fingerprint density at radius 1 is 1.14 bits per heavy atom. The molecule has 0 bridgehead atoms. The number of aliphatic imine (C=N–C) groups is 1. The van der Waals surface area contributed by atoms with Gasteiger partial charge in [-0.3, -0.25) is 4.98 Å². The van der Waals surface area contributed by atoms with E-state index in [4.69, 9.17) is 4.74 Å². The van der Waals surface area contributed by atoms with Crippen LogP contribution in [0.5, 0.6) is 0 Å². The van der Waals surface area contributed by atoms with Crippen LogP contribution in [0, 0.1) is 13.8 Å². The van der Waals surface area contributed by atoms with Crippen molar-refractivity contribution in [2.45, 2.75) is 31.8 Å². The Morgan fingerprint density at radius 3 is 2.32 bits per heavy atom. The molecule has 1 aromatic heterocycles. The van der Waals surface area contributed by atoms with Crippen molar-refractivity contribution in [1.29, 1.82) is 0 Å². The van der Waals surface area contributed by atoms with Gasteiger partial charge in [-0.15, -0.1) is 0 Å². The largest absolute Gasteiger partial charge is 0.481 e. The number of pyridine rings is 1. The molecule has 2 rings (SSSR count). The maximum absolute atomic E-state index is 13.8. The second-order valence-corrected chi connectivity index (χ2v) is 7.25. The number of halogens is 3. The highest BCUT2D eigenvalue weighted by Crippen LogP contribution is 2.41. The summed E-state index contributed by atoms with van der Waals surface area (Å²) >= 11 is 0.920. The number of benzene rings is 1. The van der Waals surface area contributed by atoms with Crippen molar-refractivity contribution in [1.82, 2.24) is 4.98 Å². The van der Waals surface area contributed by atoms with Crippen molar-refractivity contribution in [3.63, 3.8) is 0 Å². The number of methoxy groups -OCH3 is 1. The average Bonchev–Trinajstić information content (AvgIpc) is 2.62. The zero-order valence-corrected chi connectivity index (χ0v) is 16.9. The third kappa shape index (κ3) is 5.48. The van der Waals surface area contributed by atoms with Gasteiger partial charge in [0.1, 0.15) is 5.57 Å². The Morgan fingerprint density at radius 2 is 1.79 bits per heavy atom. The Bertz CT molecular complexity index is 916. The van der Waals surface area contributed by atoms with Gasteiger partial charge in [0.05, 0.1) is 18.5 Å². The summed E-state index contributed by atoms with van der Waals surface area (Å²) in [4.78, 5) is 8.73. The van der Waals surface area contributed by atoms with Gasteiger partial charge < -0.3 is 4.74 Å². The van der Waals surface area contributed by atoms with Gasteiger partial charge in [-0.2, -0.15) is 13.2 Å². The van der Waals surface area contributed by atoms with E-state index < -0.39 is 17.6 Å². The monoisotopic (exact) mass is 406 g/mol. The van der Waals surface area contributed by atoms with Crippen molar-refractivity contribution in [2.24, 2.45) is 4.99 Å². The minimum absolute atomic E-state index is 0.192. The van der Waals surface area contributed by atoms with E-state index in [1.54, 1.807) is 31.3 Å². The highest BCUT2D eigenvalue weighted by molar-refractivity contribution is 8.03. The normalized spacial score (nSPS) is 13.2. The molecule has 0 radical (unpaired) electrons. The Labute approximate surface area is 167 Å². The van der Waals surface area contributed by atoms with Crippen LogP contribution < -0.4 is 0 Å². The van der Waals surface area contributed by atoms with Crippen molar-refractivity contribution >= 4 is 17.5 Å². The number of hydrogen-bond donors (Lipinski definition) is 0. The van der Waals surface area contributed by atoms with Crippen LogP contribution in [-0.2, 0) is 4.74 Å². The number of alkyl halides is 3. The number of ether oxygens (including phenoxy) is 1. The lowest BCUT2D eigenvalue weighted by atomic mass is 10.1. The number of rotatable bonds is 6. The molecule has 1 heterocycles. The van der Waals surface area contributed by atoms with Crippen molar-refractivity contribution in [3.8, 4) is 0 Å². The van der Waals surface area contributed by atoms with Crippen LogP contribution in [-0.4, -0.2) is 24.0 Å². The first-order valence-corrected chi connectivity index (χ1v) is 9.21. The SMILES string of the molecule is C=C(Sc1ccc(C)cc1)/C(=C(\N=C(/C)c1ncccc1C)OC)C(F)(F)F. The quantitative estimate of drug-likeness (QED) is 0.247. The molecule has 0 spiro atoms. The minimum Gasteiger partial charge on any atom is -0.481 e. The maximum Gasteiger partial charge on any atom is 0.422 e. The molecule has 2 aromatic rings. The number of allylic oxidation sites excluding steroid dienone is 1. The Hall–Kier alpha value is -2.54. The fraction of sp³-hybridized carbons (Fsp3) is 0.238. The number of aromatic nitrogens is 1. The van der Waals surface area contributed by atoms with Crippen molar-refractivity contribution in [3.05, 3.63) is 82.4 Å². The topological polar surface area (TPSA) is 34.5 Å². The first-order valence-electron chi connectivity index (χ1n) is 8.40. The van der Waals surface area contributed by atoms with Gasteiger partial charge in [0.25, 0.3) is 0 Å². The lowest BCUT2D eigenvalue weighted by molar-refractivity contribution is -0.0917. The van der Waals surface area contributed by atoms with Crippen LogP contribution in [0.2, 0.25) is 0 Å². The molecule has 0 aliphatic heterocycles. The minimum atomic E-state index is -4.68. The smallest absolute Gasteiger partial charge is 0.422 e. The van der Waals surface area contributed by atoms with E-state index in [9.17, 15) is 13.2 Å².